The molecule has 4 aromatic rings. The number of imidazole rings is 1. The highest BCUT2D eigenvalue weighted by atomic mass is 19.1. The van der Waals surface area contributed by atoms with Crippen LogP contribution in [0.3, 0.4) is 0 Å². The summed E-state index contributed by atoms with van der Waals surface area (Å²) >= 11 is 0. The highest BCUT2D eigenvalue weighted by Crippen LogP contribution is 2.25. The summed E-state index contributed by atoms with van der Waals surface area (Å²) in [5.74, 6) is -1.72. The molecule has 0 aliphatic carbocycles. The molecule has 8 nitrogen and oxygen atoms in total. The van der Waals surface area contributed by atoms with E-state index in [0.717, 1.165) is 55.3 Å². The number of aliphatic carboxylic acids is 2. The second-order valence-corrected chi connectivity index (χ2v) is 8.87. The van der Waals surface area contributed by atoms with Crippen molar-refractivity contribution in [3.8, 4) is 0 Å². The highest BCUT2D eigenvalue weighted by molar-refractivity contribution is 5.89. The molecule has 2 heterocycles. The molecule has 0 radical (unpaired) electrons. The summed E-state index contributed by atoms with van der Waals surface area (Å²) in [5.41, 5.74) is 4.54. The van der Waals surface area contributed by atoms with E-state index in [1.807, 2.05) is 24.3 Å². The molecule has 0 amide bonds. The van der Waals surface area contributed by atoms with Gasteiger partial charge in [0.25, 0.3) is 0 Å². The molecule has 0 bridgehead atoms. The monoisotopic (exact) mass is 516 g/mol. The summed E-state index contributed by atoms with van der Waals surface area (Å²) in [7, 11) is 0. The number of benzene rings is 3. The topological polar surface area (TPSA) is 98.9 Å². The molecule has 38 heavy (non-hydrogen) atoms. The van der Waals surface area contributed by atoms with Crippen LogP contribution in [0.5, 0.6) is 0 Å². The number of hydrogen-bond acceptors (Lipinski definition) is 5. The Balaban J connectivity index is 0.000000368. The van der Waals surface area contributed by atoms with Crippen molar-refractivity contribution in [2.45, 2.75) is 13.1 Å². The number of halogens is 1. The molecule has 1 aliphatic rings. The smallest absolute Gasteiger partial charge is 0.328 e. The number of rotatable bonds is 7. The average molecular weight is 517 g/mol. The van der Waals surface area contributed by atoms with E-state index in [-0.39, 0.29) is 5.82 Å². The number of fused-ring (bicyclic) bond motifs is 1. The van der Waals surface area contributed by atoms with Crippen molar-refractivity contribution in [2.24, 2.45) is 0 Å². The Morgan fingerprint density at radius 2 is 1.34 bits per heavy atom. The van der Waals surface area contributed by atoms with E-state index in [1.54, 1.807) is 0 Å². The van der Waals surface area contributed by atoms with Gasteiger partial charge in [0.15, 0.2) is 0 Å². The first-order valence-electron chi connectivity index (χ1n) is 12.2. The molecule has 9 heteroatoms. The number of carboxylic acids is 2. The molecule has 3 aromatic carbocycles. The van der Waals surface area contributed by atoms with Crippen molar-refractivity contribution < 1.29 is 24.2 Å². The maximum absolute atomic E-state index is 13.3. The molecule has 0 saturated carbocycles. The molecule has 5 rings (SSSR count). The Morgan fingerprint density at radius 1 is 0.763 bits per heavy atom. The van der Waals surface area contributed by atoms with Crippen LogP contribution in [-0.2, 0) is 22.7 Å². The van der Waals surface area contributed by atoms with Crippen molar-refractivity contribution >= 4 is 28.9 Å². The third-order valence-electron chi connectivity index (χ3n) is 6.16. The van der Waals surface area contributed by atoms with Crippen LogP contribution < -0.4 is 4.90 Å². The lowest BCUT2D eigenvalue weighted by atomic mass is 10.2. The minimum absolute atomic E-state index is 0.205. The lowest BCUT2D eigenvalue weighted by Gasteiger charge is -2.35. The molecule has 0 spiro atoms. The Kier molecular flexibility index (Phi) is 8.84. The minimum Gasteiger partial charge on any atom is -0.478 e. The molecule has 0 unspecified atom stereocenters. The molecule has 1 saturated heterocycles. The average Bonchev–Trinajstić information content (AvgIpc) is 3.28. The number of piperazine rings is 1. The number of carbonyl (C=O) groups is 2. The van der Waals surface area contributed by atoms with Crippen molar-refractivity contribution in [3.05, 3.63) is 108 Å². The summed E-state index contributed by atoms with van der Waals surface area (Å²) < 4.78 is 15.6. The quantitative estimate of drug-likeness (QED) is 0.354. The fourth-order valence-electron chi connectivity index (χ4n) is 4.32. The van der Waals surface area contributed by atoms with Crippen LogP contribution in [0.1, 0.15) is 11.1 Å². The summed E-state index contributed by atoms with van der Waals surface area (Å²) in [6.07, 6.45) is 1.12. The molecule has 1 aliphatic heterocycles. The van der Waals surface area contributed by atoms with E-state index in [0.29, 0.717) is 18.7 Å². The molecule has 2 N–H and O–H groups in total. The Morgan fingerprint density at radius 3 is 1.97 bits per heavy atom. The van der Waals surface area contributed by atoms with Gasteiger partial charge in [-0.1, -0.05) is 54.6 Å². The molecule has 1 fully saturated rings. The SMILES string of the molecule is Fc1ccc(Cn2c(N3CCN(Cc4ccccc4)CC3)nc3ccccc32)cc1.O=C(O)/C=C/C(=O)O. The number of hydrogen-bond donors (Lipinski definition) is 2. The van der Waals surface area contributed by atoms with Crippen LogP contribution in [0.2, 0.25) is 0 Å². The summed E-state index contributed by atoms with van der Waals surface area (Å²) in [6, 6.07) is 25.6. The van der Waals surface area contributed by atoms with E-state index in [4.69, 9.17) is 15.2 Å². The standard InChI is InChI=1S/C25H25FN4.C4H4O4/c26-22-12-10-21(11-13-22)19-30-24-9-5-4-8-23(24)27-25(30)29-16-14-28(15-17-29)18-20-6-2-1-3-7-20;5-3(6)1-2-4(7)8/h1-13H,14-19H2;1-2H,(H,5,6)(H,7,8)/b;2-1+. The molecular formula is C29H29FN4O4. The first-order chi connectivity index (χ1) is 18.4. The van der Waals surface area contributed by atoms with Gasteiger partial charge >= 0.3 is 11.9 Å². The Labute approximate surface area is 219 Å². The van der Waals surface area contributed by atoms with Gasteiger partial charge in [-0.2, -0.15) is 0 Å². The van der Waals surface area contributed by atoms with Crippen LogP contribution in [0.4, 0.5) is 10.3 Å². The maximum Gasteiger partial charge on any atom is 0.328 e. The predicted molar refractivity (Wildman–Crippen MR) is 144 cm³/mol. The lowest BCUT2D eigenvalue weighted by Crippen LogP contribution is -2.46. The second kappa shape index (κ2) is 12.6. The third-order valence-corrected chi connectivity index (χ3v) is 6.16. The number of nitrogens with zero attached hydrogens (tertiary/aromatic N) is 4. The number of carboxylic acid groups (broad SMARTS) is 2. The number of aromatic nitrogens is 2. The van der Waals surface area contributed by atoms with E-state index in [9.17, 15) is 14.0 Å². The zero-order valence-corrected chi connectivity index (χ0v) is 20.8. The molecular weight excluding hydrogens is 487 g/mol. The largest absolute Gasteiger partial charge is 0.478 e. The summed E-state index contributed by atoms with van der Waals surface area (Å²) in [5, 5.41) is 15.6. The molecule has 1 aromatic heterocycles. The van der Waals surface area contributed by atoms with E-state index in [2.05, 4.69) is 56.8 Å². The zero-order valence-electron chi connectivity index (χ0n) is 20.8. The van der Waals surface area contributed by atoms with E-state index >= 15 is 0 Å². The van der Waals surface area contributed by atoms with E-state index < -0.39 is 11.9 Å². The highest BCUT2D eigenvalue weighted by Gasteiger charge is 2.22. The van der Waals surface area contributed by atoms with Gasteiger partial charge in [0.05, 0.1) is 17.6 Å². The Bertz CT molecular complexity index is 1380. The molecule has 0 atom stereocenters. The van der Waals surface area contributed by atoms with Crippen molar-refractivity contribution in [2.75, 3.05) is 31.1 Å². The third kappa shape index (κ3) is 7.27. The zero-order chi connectivity index (χ0) is 26.9. The van der Waals surface area contributed by atoms with Gasteiger partial charge < -0.3 is 19.7 Å². The van der Waals surface area contributed by atoms with Gasteiger partial charge in [-0.25, -0.2) is 19.0 Å². The van der Waals surface area contributed by atoms with Gasteiger partial charge in [-0.3, -0.25) is 4.90 Å². The van der Waals surface area contributed by atoms with Crippen LogP contribution in [0, 0.1) is 5.82 Å². The second-order valence-electron chi connectivity index (χ2n) is 8.87. The van der Waals surface area contributed by atoms with Gasteiger partial charge in [-0.05, 0) is 35.4 Å². The minimum atomic E-state index is -1.26. The summed E-state index contributed by atoms with van der Waals surface area (Å²) in [4.78, 5) is 28.9. The normalized spacial score (nSPS) is 13.9. The fourth-order valence-corrected chi connectivity index (χ4v) is 4.32. The van der Waals surface area contributed by atoms with Crippen molar-refractivity contribution in [3.63, 3.8) is 0 Å². The van der Waals surface area contributed by atoms with Gasteiger partial charge in [0, 0.05) is 44.9 Å². The van der Waals surface area contributed by atoms with Crippen molar-refractivity contribution in [1.29, 1.82) is 0 Å². The first-order valence-corrected chi connectivity index (χ1v) is 12.2. The number of anilines is 1. The van der Waals surface area contributed by atoms with Gasteiger partial charge in [0.2, 0.25) is 5.95 Å². The summed E-state index contributed by atoms with van der Waals surface area (Å²) in [6.45, 7) is 5.57. The van der Waals surface area contributed by atoms with Crippen LogP contribution in [0.25, 0.3) is 11.0 Å². The van der Waals surface area contributed by atoms with Crippen LogP contribution >= 0.6 is 0 Å². The van der Waals surface area contributed by atoms with E-state index in [1.165, 1.54) is 17.7 Å². The van der Waals surface area contributed by atoms with Crippen molar-refractivity contribution in [1.82, 2.24) is 14.5 Å². The van der Waals surface area contributed by atoms with Gasteiger partial charge in [-0.15, -0.1) is 0 Å². The Hall–Kier alpha value is -4.50. The lowest BCUT2D eigenvalue weighted by molar-refractivity contribution is -0.134. The van der Waals surface area contributed by atoms with Gasteiger partial charge in [0.1, 0.15) is 5.82 Å². The predicted octanol–water partition coefficient (Wildman–Crippen LogP) is 4.26. The fraction of sp³-hybridized carbons (Fsp3) is 0.207. The first kappa shape index (κ1) is 26.6. The number of para-hydroxylation sites is 2. The van der Waals surface area contributed by atoms with Crippen LogP contribution in [0.15, 0.2) is 91.0 Å². The van der Waals surface area contributed by atoms with Crippen LogP contribution in [-0.4, -0.2) is 62.8 Å². The maximum atomic E-state index is 13.3. The molecule has 196 valence electrons.